The number of pyridine rings is 1. The number of rotatable bonds is 2. The lowest BCUT2D eigenvalue weighted by Gasteiger charge is -2.06. The summed E-state index contributed by atoms with van der Waals surface area (Å²) in [6, 6.07) is 9.33. The molecule has 3 rings (SSSR count). The Labute approximate surface area is 109 Å². The minimum atomic E-state index is -0.111. The van der Waals surface area contributed by atoms with E-state index in [1.54, 1.807) is 19.5 Å². The number of aromatic hydroxyl groups is 1. The topological polar surface area (TPSA) is 68.1 Å². The lowest BCUT2D eigenvalue weighted by Crippen LogP contribution is -1.92. The van der Waals surface area contributed by atoms with Gasteiger partial charge in [-0.15, -0.1) is 10.2 Å². The predicted molar refractivity (Wildman–Crippen MR) is 71.0 cm³/mol. The first-order valence-electron chi connectivity index (χ1n) is 5.73. The third-order valence-electron chi connectivity index (χ3n) is 2.93. The molecule has 0 fully saturated rings. The van der Waals surface area contributed by atoms with Crippen LogP contribution in [0.4, 0.5) is 0 Å². The van der Waals surface area contributed by atoms with Gasteiger partial charge < -0.3 is 9.84 Å². The minimum absolute atomic E-state index is 0.111. The van der Waals surface area contributed by atoms with E-state index in [-0.39, 0.29) is 5.88 Å². The maximum atomic E-state index is 9.69. The molecular weight excluding hydrogens is 242 g/mol. The maximum Gasteiger partial charge on any atom is 0.240 e. The van der Waals surface area contributed by atoms with E-state index in [9.17, 15) is 5.11 Å². The second-order valence-electron chi connectivity index (χ2n) is 4.02. The van der Waals surface area contributed by atoms with Gasteiger partial charge in [-0.1, -0.05) is 0 Å². The van der Waals surface area contributed by atoms with Crippen molar-refractivity contribution in [2.24, 2.45) is 0 Å². The lowest BCUT2D eigenvalue weighted by molar-refractivity contribution is 0.415. The molecule has 94 valence electrons. The van der Waals surface area contributed by atoms with Gasteiger partial charge in [0.25, 0.3) is 0 Å². The van der Waals surface area contributed by atoms with Gasteiger partial charge in [-0.25, -0.2) is 0 Å². The van der Waals surface area contributed by atoms with Crippen molar-refractivity contribution in [1.82, 2.24) is 15.2 Å². The monoisotopic (exact) mass is 253 g/mol. The highest BCUT2D eigenvalue weighted by Gasteiger charge is 2.10. The van der Waals surface area contributed by atoms with Crippen molar-refractivity contribution in [3.05, 3.63) is 42.7 Å². The van der Waals surface area contributed by atoms with Gasteiger partial charge in [0.1, 0.15) is 11.4 Å². The Kier molecular flexibility index (Phi) is 2.72. The first kappa shape index (κ1) is 11.4. The molecule has 0 saturated heterocycles. The first-order valence-corrected chi connectivity index (χ1v) is 5.73. The Hall–Kier alpha value is -2.69. The highest BCUT2D eigenvalue weighted by atomic mass is 16.5. The second kappa shape index (κ2) is 4.53. The summed E-state index contributed by atoms with van der Waals surface area (Å²) in [7, 11) is 1.62. The second-order valence-corrected chi connectivity index (χ2v) is 4.02. The Bertz CT molecular complexity index is 726. The molecule has 0 unspecified atom stereocenters. The van der Waals surface area contributed by atoms with Crippen LogP contribution in [0.1, 0.15) is 0 Å². The molecule has 0 spiro atoms. The summed E-state index contributed by atoms with van der Waals surface area (Å²) < 4.78 is 5.13. The van der Waals surface area contributed by atoms with Crippen molar-refractivity contribution in [2.75, 3.05) is 7.11 Å². The molecule has 0 atom stereocenters. The van der Waals surface area contributed by atoms with Crippen LogP contribution in [-0.4, -0.2) is 27.4 Å². The van der Waals surface area contributed by atoms with Gasteiger partial charge in [0.2, 0.25) is 5.88 Å². The van der Waals surface area contributed by atoms with E-state index < -0.39 is 0 Å². The van der Waals surface area contributed by atoms with Crippen LogP contribution in [0.5, 0.6) is 11.6 Å². The van der Waals surface area contributed by atoms with Crippen LogP contribution >= 0.6 is 0 Å². The molecule has 1 N–H and O–H groups in total. The van der Waals surface area contributed by atoms with Crippen LogP contribution < -0.4 is 4.74 Å². The van der Waals surface area contributed by atoms with E-state index in [2.05, 4.69) is 15.2 Å². The van der Waals surface area contributed by atoms with Crippen molar-refractivity contribution >= 4 is 10.8 Å². The average Bonchev–Trinajstić information content (AvgIpc) is 2.48. The number of hydrogen-bond acceptors (Lipinski definition) is 5. The van der Waals surface area contributed by atoms with Crippen molar-refractivity contribution in [3.63, 3.8) is 0 Å². The zero-order valence-corrected chi connectivity index (χ0v) is 10.2. The van der Waals surface area contributed by atoms with Crippen molar-refractivity contribution < 1.29 is 9.84 Å². The van der Waals surface area contributed by atoms with Gasteiger partial charge in [0.15, 0.2) is 0 Å². The maximum absolute atomic E-state index is 9.69. The van der Waals surface area contributed by atoms with E-state index >= 15 is 0 Å². The fraction of sp³-hybridized carbons (Fsp3) is 0.0714. The van der Waals surface area contributed by atoms with E-state index in [1.165, 1.54) is 0 Å². The van der Waals surface area contributed by atoms with E-state index in [4.69, 9.17) is 4.74 Å². The molecule has 0 aliphatic carbocycles. The van der Waals surface area contributed by atoms with Crippen molar-refractivity contribution in [3.8, 4) is 22.9 Å². The number of aromatic nitrogens is 3. The highest BCUT2D eigenvalue weighted by molar-refractivity contribution is 5.96. The molecule has 2 aromatic heterocycles. The quantitative estimate of drug-likeness (QED) is 0.759. The molecule has 0 amide bonds. The number of methoxy groups -OCH3 is 1. The van der Waals surface area contributed by atoms with Crippen molar-refractivity contribution in [1.29, 1.82) is 0 Å². The SMILES string of the molecule is COc1ccc(-c2nnc(O)c3cnccc23)cc1. The summed E-state index contributed by atoms with van der Waals surface area (Å²) >= 11 is 0. The van der Waals surface area contributed by atoms with Gasteiger partial charge in [0, 0.05) is 23.3 Å². The number of hydrogen-bond donors (Lipinski definition) is 1. The summed E-state index contributed by atoms with van der Waals surface area (Å²) in [5.74, 6) is 0.668. The molecule has 0 aliphatic heterocycles. The first-order chi connectivity index (χ1) is 9.29. The highest BCUT2D eigenvalue weighted by Crippen LogP contribution is 2.30. The van der Waals surface area contributed by atoms with E-state index in [1.807, 2.05) is 30.3 Å². The van der Waals surface area contributed by atoms with Gasteiger partial charge in [-0.05, 0) is 30.3 Å². The van der Waals surface area contributed by atoms with Crippen LogP contribution in [0, 0.1) is 0 Å². The lowest BCUT2D eigenvalue weighted by atomic mass is 10.1. The van der Waals surface area contributed by atoms with Gasteiger partial charge in [0.05, 0.1) is 12.5 Å². The van der Waals surface area contributed by atoms with Crippen molar-refractivity contribution in [2.45, 2.75) is 0 Å². The molecule has 19 heavy (non-hydrogen) atoms. The molecule has 1 aromatic carbocycles. The Morgan fingerprint density at radius 3 is 2.53 bits per heavy atom. The van der Waals surface area contributed by atoms with Crippen LogP contribution in [0.15, 0.2) is 42.7 Å². The fourth-order valence-electron chi connectivity index (χ4n) is 1.95. The summed E-state index contributed by atoms with van der Waals surface area (Å²) in [6.45, 7) is 0. The number of nitrogens with zero attached hydrogens (tertiary/aromatic N) is 3. The van der Waals surface area contributed by atoms with Crippen LogP contribution in [0.3, 0.4) is 0 Å². The third kappa shape index (κ3) is 1.95. The zero-order valence-electron chi connectivity index (χ0n) is 10.2. The van der Waals surface area contributed by atoms with Gasteiger partial charge in [-0.3, -0.25) is 4.98 Å². The minimum Gasteiger partial charge on any atom is -0.497 e. The smallest absolute Gasteiger partial charge is 0.240 e. The third-order valence-corrected chi connectivity index (χ3v) is 2.93. The Balaban J connectivity index is 2.21. The summed E-state index contributed by atoms with van der Waals surface area (Å²) in [4.78, 5) is 3.99. The van der Waals surface area contributed by atoms with Gasteiger partial charge in [-0.2, -0.15) is 0 Å². The van der Waals surface area contributed by atoms with Crippen LogP contribution in [-0.2, 0) is 0 Å². The molecule has 0 saturated carbocycles. The molecular formula is C14H11N3O2. The Morgan fingerprint density at radius 1 is 1.00 bits per heavy atom. The summed E-state index contributed by atoms with van der Waals surface area (Å²) in [5.41, 5.74) is 1.61. The average molecular weight is 253 g/mol. The van der Waals surface area contributed by atoms with E-state index in [0.29, 0.717) is 11.1 Å². The largest absolute Gasteiger partial charge is 0.497 e. The molecule has 0 radical (unpaired) electrons. The standard InChI is InChI=1S/C14H11N3O2/c1-19-10-4-2-9(3-5-10)13-11-6-7-15-8-12(11)14(18)17-16-13/h2-8H,1H3,(H,17,18). The summed E-state index contributed by atoms with van der Waals surface area (Å²) in [6.07, 6.45) is 3.24. The fourth-order valence-corrected chi connectivity index (χ4v) is 1.95. The van der Waals surface area contributed by atoms with Gasteiger partial charge >= 0.3 is 0 Å². The number of ether oxygens (including phenoxy) is 1. The number of benzene rings is 1. The van der Waals surface area contributed by atoms with Crippen LogP contribution in [0.25, 0.3) is 22.0 Å². The molecule has 0 bridgehead atoms. The molecule has 5 nitrogen and oxygen atoms in total. The Morgan fingerprint density at radius 2 is 1.79 bits per heavy atom. The molecule has 3 aromatic rings. The van der Waals surface area contributed by atoms with Crippen LogP contribution in [0.2, 0.25) is 0 Å². The molecule has 5 heteroatoms. The molecule has 0 aliphatic rings. The normalized spacial score (nSPS) is 10.6. The molecule has 2 heterocycles. The number of fused-ring (bicyclic) bond motifs is 1. The summed E-state index contributed by atoms with van der Waals surface area (Å²) in [5, 5.41) is 18.9. The predicted octanol–water partition coefficient (Wildman–Crippen LogP) is 2.41. The zero-order chi connectivity index (χ0) is 13.2. The van der Waals surface area contributed by atoms with E-state index in [0.717, 1.165) is 16.7 Å².